The van der Waals surface area contributed by atoms with Crippen LogP contribution in [0, 0.1) is 18.3 Å². The predicted octanol–water partition coefficient (Wildman–Crippen LogP) is 3.70. The van der Waals surface area contributed by atoms with E-state index in [-0.39, 0.29) is 5.57 Å². The molecule has 2 aromatic rings. The van der Waals surface area contributed by atoms with Crippen LogP contribution in [0.25, 0.3) is 6.08 Å². The maximum Gasteiger partial charge on any atom is 0.266 e. The van der Waals surface area contributed by atoms with Gasteiger partial charge in [-0.3, -0.25) is 4.79 Å². The van der Waals surface area contributed by atoms with Crippen molar-refractivity contribution in [2.45, 2.75) is 13.3 Å². The number of nitrogens with zero attached hydrogens (tertiary/aromatic N) is 1. The van der Waals surface area contributed by atoms with Gasteiger partial charge in [0.2, 0.25) is 0 Å². The van der Waals surface area contributed by atoms with E-state index in [1.807, 2.05) is 43.3 Å². The molecule has 0 atom stereocenters. The van der Waals surface area contributed by atoms with Gasteiger partial charge >= 0.3 is 0 Å². The molecule has 5 nitrogen and oxygen atoms in total. The topological polar surface area (TPSA) is 71.4 Å². The molecule has 2 aromatic carbocycles. The van der Waals surface area contributed by atoms with Gasteiger partial charge in [-0.05, 0) is 30.7 Å². The standard InChI is InChI=1S/C20H18N2O3/c1-14-6-2-3-8-17(14)22-20(23)16(13-21)12-15-7-4-9-18-19(15)25-11-5-10-24-18/h2-4,6-9,12H,5,10-11H2,1H3,(H,22,23)/b16-12-. The Morgan fingerprint density at radius 3 is 2.76 bits per heavy atom. The van der Waals surface area contributed by atoms with E-state index in [9.17, 15) is 10.1 Å². The molecule has 1 aliphatic heterocycles. The van der Waals surface area contributed by atoms with Crippen LogP contribution < -0.4 is 14.8 Å². The molecule has 0 aliphatic carbocycles. The molecule has 0 bridgehead atoms. The number of carbonyl (C=O) groups is 1. The number of hydrogen-bond acceptors (Lipinski definition) is 4. The number of fused-ring (bicyclic) bond motifs is 1. The zero-order valence-electron chi connectivity index (χ0n) is 13.9. The molecule has 126 valence electrons. The van der Waals surface area contributed by atoms with Crippen molar-refractivity contribution in [3.05, 3.63) is 59.2 Å². The number of carbonyl (C=O) groups excluding carboxylic acids is 1. The second-order valence-corrected chi connectivity index (χ2v) is 5.66. The number of aryl methyl sites for hydroxylation is 1. The zero-order valence-corrected chi connectivity index (χ0v) is 13.9. The van der Waals surface area contributed by atoms with Crippen LogP contribution in [0.15, 0.2) is 48.0 Å². The Hall–Kier alpha value is -3.26. The third-order valence-electron chi connectivity index (χ3n) is 3.86. The lowest BCUT2D eigenvalue weighted by Crippen LogP contribution is -2.14. The summed E-state index contributed by atoms with van der Waals surface area (Å²) < 4.78 is 11.4. The van der Waals surface area contributed by atoms with Gasteiger partial charge in [0.05, 0.1) is 13.2 Å². The summed E-state index contributed by atoms with van der Waals surface area (Å²) in [6, 6.07) is 14.8. The Morgan fingerprint density at radius 1 is 1.16 bits per heavy atom. The fourth-order valence-electron chi connectivity index (χ4n) is 2.54. The number of hydrogen-bond donors (Lipinski definition) is 1. The SMILES string of the molecule is Cc1ccccc1NC(=O)/C(C#N)=C\c1cccc2c1OCCCO2. The molecule has 0 saturated heterocycles. The van der Waals surface area contributed by atoms with E-state index in [0.717, 1.165) is 12.0 Å². The molecule has 0 aromatic heterocycles. The molecule has 0 radical (unpaired) electrons. The Balaban J connectivity index is 1.90. The van der Waals surface area contributed by atoms with Crippen molar-refractivity contribution in [1.29, 1.82) is 5.26 Å². The Labute approximate surface area is 146 Å². The number of nitriles is 1. The molecule has 0 unspecified atom stereocenters. The monoisotopic (exact) mass is 334 g/mol. The number of rotatable bonds is 3. The first kappa shape index (κ1) is 16.6. The van der Waals surface area contributed by atoms with Crippen molar-refractivity contribution in [2.75, 3.05) is 18.5 Å². The minimum atomic E-state index is -0.455. The molecule has 0 spiro atoms. The van der Waals surface area contributed by atoms with E-state index in [1.54, 1.807) is 12.1 Å². The van der Waals surface area contributed by atoms with Crippen LogP contribution in [0.4, 0.5) is 5.69 Å². The van der Waals surface area contributed by atoms with Crippen LogP contribution in [0.3, 0.4) is 0 Å². The number of benzene rings is 2. The zero-order chi connectivity index (χ0) is 17.6. The maximum absolute atomic E-state index is 12.5. The number of anilines is 1. The summed E-state index contributed by atoms with van der Waals surface area (Å²) in [7, 11) is 0. The van der Waals surface area contributed by atoms with Crippen LogP contribution in [0.5, 0.6) is 11.5 Å². The van der Waals surface area contributed by atoms with Crippen LogP contribution in [0.2, 0.25) is 0 Å². The molecule has 25 heavy (non-hydrogen) atoms. The van der Waals surface area contributed by atoms with Gasteiger partial charge in [-0.25, -0.2) is 0 Å². The van der Waals surface area contributed by atoms with Gasteiger partial charge in [-0.15, -0.1) is 0 Å². The molecule has 0 fully saturated rings. The largest absolute Gasteiger partial charge is 0.490 e. The summed E-state index contributed by atoms with van der Waals surface area (Å²) in [6.45, 7) is 3.02. The maximum atomic E-state index is 12.5. The highest BCUT2D eigenvalue weighted by atomic mass is 16.5. The smallest absolute Gasteiger partial charge is 0.266 e. The first-order valence-corrected chi connectivity index (χ1v) is 8.06. The van der Waals surface area contributed by atoms with E-state index < -0.39 is 5.91 Å². The van der Waals surface area contributed by atoms with Crippen LogP contribution >= 0.6 is 0 Å². The Bertz CT molecular complexity index is 865. The highest BCUT2D eigenvalue weighted by Gasteiger charge is 2.16. The van der Waals surface area contributed by atoms with Crippen LogP contribution in [-0.2, 0) is 4.79 Å². The predicted molar refractivity (Wildman–Crippen MR) is 95.4 cm³/mol. The van der Waals surface area contributed by atoms with Gasteiger partial charge in [0.1, 0.15) is 11.6 Å². The van der Waals surface area contributed by atoms with Crippen molar-refractivity contribution in [2.24, 2.45) is 0 Å². The highest BCUT2D eigenvalue weighted by Crippen LogP contribution is 2.34. The van der Waals surface area contributed by atoms with E-state index in [0.29, 0.717) is 36.0 Å². The molecule has 3 rings (SSSR count). The first-order chi connectivity index (χ1) is 12.2. The fraction of sp³-hybridized carbons (Fsp3) is 0.200. The average Bonchev–Trinajstić information content (AvgIpc) is 2.87. The lowest BCUT2D eigenvalue weighted by Gasteiger charge is -2.11. The molecular formula is C20H18N2O3. The average molecular weight is 334 g/mol. The quantitative estimate of drug-likeness (QED) is 0.686. The van der Waals surface area contributed by atoms with E-state index in [1.165, 1.54) is 6.08 Å². The molecule has 1 amide bonds. The minimum absolute atomic E-state index is 0.00417. The highest BCUT2D eigenvalue weighted by molar-refractivity contribution is 6.10. The van der Waals surface area contributed by atoms with Crippen molar-refractivity contribution in [3.63, 3.8) is 0 Å². The number of ether oxygens (including phenoxy) is 2. The van der Waals surface area contributed by atoms with Crippen LogP contribution in [0.1, 0.15) is 17.5 Å². The lowest BCUT2D eigenvalue weighted by molar-refractivity contribution is -0.112. The minimum Gasteiger partial charge on any atom is -0.490 e. The van der Waals surface area contributed by atoms with E-state index in [2.05, 4.69) is 5.32 Å². The normalized spacial score (nSPS) is 13.5. The summed E-state index contributed by atoms with van der Waals surface area (Å²) >= 11 is 0. The summed E-state index contributed by atoms with van der Waals surface area (Å²) in [5.74, 6) is 0.739. The van der Waals surface area contributed by atoms with Crippen molar-refractivity contribution < 1.29 is 14.3 Å². The third-order valence-corrected chi connectivity index (χ3v) is 3.86. The van der Waals surface area contributed by atoms with Gasteiger partial charge in [-0.2, -0.15) is 5.26 Å². The van der Waals surface area contributed by atoms with Crippen molar-refractivity contribution in [1.82, 2.24) is 0 Å². The number of amides is 1. The summed E-state index contributed by atoms with van der Waals surface area (Å²) in [5, 5.41) is 12.2. The van der Waals surface area contributed by atoms with Gasteiger partial charge < -0.3 is 14.8 Å². The second-order valence-electron chi connectivity index (χ2n) is 5.66. The molecule has 0 saturated carbocycles. The number of nitrogens with one attached hydrogen (secondary N) is 1. The van der Waals surface area contributed by atoms with Gasteiger partial charge in [0.25, 0.3) is 5.91 Å². The lowest BCUT2D eigenvalue weighted by atomic mass is 10.1. The van der Waals surface area contributed by atoms with Gasteiger partial charge in [0, 0.05) is 17.7 Å². The van der Waals surface area contributed by atoms with Crippen molar-refractivity contribution >= 4 is 17.7 Å². The van der Waals surface area contributed by atoms with E-state index in [4.69, 9.17) is 9.47 Å². The number of para-hydroxylation sites is 2. The summed E-state index contributed by atoms with van der Waals surface area (Å²) in [4.78, 5) is 12.5. The Morgan fingerprint density at radius 2 is 1.96 bits per heavy atom. The second kappa shape index (κ2) is 7.54. The van der Waals surface area contributed by atoms with Gasteiger partial charge in [0.15, 0.2) is 11.5 Å². The van der Waals surface area contributed by atoms with E-state index >= 15 is 0 Å². The fourth-order valence-corrected chi connectivity index (χ4v) is 2.54. The molecule has 1 N–H and O–H groups in total. The molecule has 1 heterocycles. The summed E-state index contributed by atoms with van der Waals surface area (Å²) in [5.41, 5.74) is 2.26. The first-order valence-electron chi connectivity index (χ1n) is 8.06. The third kappa shape index (κ3) is 3.81. The van der Waals surface area contributed by atoms with Crippen molar-refractivity contribution in [3.8, 4) is 17.6 Å². The molecule has 5 heteroatoms. The molecule has 1 aliphatic rings. The van der Waals surface area contributed by atoms with Crippen LogP contribution in [-0.4, -0.2) is 19.1 Å². The molecular weight excluding hydrogens is 316 g/mol. The summed E-state index contributed by atoms with van der Waals surface area (Å²) in [6.07, 6.45) is 2.32. The van der Waals surface area contributed by atoms with Gasteiger partial charge in [-0.1, -0.05) is 30.3 Å². The Kier molecular flexibility index (Phi) is 5.00.